The molecule has 48 heavy (non-hydrogen) atoms. The van der Waals surface area contributed by atoms with Gasteiger partial charge in [-0.05, 0) is 6.42 Å². The summed E-state index contributed by atoms with van der Waals surface area (Å²) < 4.78 is 124. The van der Waals surface area contributed by atoms with Gasteiger partial charge in [-0.2, -0.15) is 8.78 Å². The molecule has 1 rings (SSSR count). The summed E-state index contributed by atoms with van der Waals surface area (Å²) in [5, 5.41) is 0. The Bertz CT molecular complexity index is 919. The van der Waals surface area contributed by atoms with Crippen LogP contribution in [0.15, 0.2) is 0 Å². The number of benzene rings is 1. The molecule has 0 aliphatic carbocycles. The van der Waals surface area contributed by atoms with Crippen LogP contribution in [-0.4, -0.2) is 138 Å². The van der Waals surface area contributed by atoms with Crippen LogP contribution < -0.4 is 4.74 Å². The zero-order valence-electron chi connectivity index (χ0n) is 27.6. The average molecular weight is 709 g/mol. The molecule has 1 aromatic rings. The van der Waals surface area contributed by atoms with Gasteiger partial charge in [0.2, 0.25) is 34.8 Å². The molecule has 0 bridgehead atoms. The second-order valence-corrected chi connectivity index (χ2v) is 9.60. The summed E-state index contributed by atoms with van der Waals surface area (Å²) in [4.78, 5) is 11.6. The Morgan fingerprint density at radius 2 is 0.646 bits per heavy atom. The Labute approximate surface area is 278 Å². The molecule has 0 aliphatic heterocycles. The Hall–Kier alpha value is -2.06. The molecule has 0 spiro atoms. The number of halogens is 5. The van der Waals surface area contributed by atoms with Crippen molar-refractivity contribution in [3.8, 4) is 5.75 Å². The van der Waals surface area contributed by atoms with Crippen molar-refractivity contribution in [2.24, 2.45) is 0 Å². The van der Waals surface area contributed by atoms with Crippen LogP contribution in [0.1, 0.15) is 26.2 Å². The van der Waals surface area contributed by atoms with E-state index in [-0.39, 0.29) is 26.4 Å². The molecule has 0 aromatic heterocycles. The van der Waals surface area contributed by atoms with Gasteiger partial charge >= 0.3 is 5.97 Å². The number of hydrogen-bond donors (Lipinski definition) is 0. The summed E-state index contributed by atoms with van der Waals surface area (Å²) in [6.07, 6.45) is 1.71. The van der Waals surface area contributed by atoms with Crippen LogP contribution in [-0.2, 0) is 52.2 Å². The molecule has 0 aliphatic rings. The molecule has 12 nitrogen and oxygen atoms in total. The monoisotopic (exact) mass is 708 g/mol. The molecule has 0 saturated heterocycles. The van der Waals surface area contributed by atoms with Gasteiger partial charge in [0.05, 0.1) is 132 Å². The standard InChI is InChI=1S/C31H49F5O12/c1-2-3-5-38-7-9-40-11-13-42-15-17-44-19-21-46-23-24-47-22-20-45-18-16-43-14-12-41-10-8-39-6-4-25(37)48-31-29(35)27(33)26(32)28(34)30(31)36/h2-24H2,1H3. The highest BCUT2D eigenvalue weighted by molar-refractivity contribution is 5.72. The van der Waals surface area contributed by atoms with Crippen molar-refractivity contribution in [2.45, 2.75) is 26.2 Å². The second kappa shape index (κ2) is 31.0. The summed E-state index contributed by atoms with van der Waals surface area (Å²) in [6, 6.07) is 0. The maximum absolute atomic E-state index is 13.5. The molecule has 0 atom stereocenters. The first-order valence-corrected chi connectivity index (χ1v) is 15.9. The van der Waals surface area contributed by atoms with Crippen molar-refractivity contribution in [2.75, 3.05) is 132 Å². The first kappa shape index (κ1) is 44.0. The fourth-order valence-electron chi connectivity index (χ4n) is 3.32. The van der Waals surface area contributed by atoms with E-state index in [1.807, 2.05) is 0 Å². The third-order valence-electron chi connectivity index (χ3n) is 5.83. The average Bonchev–Trinajstić information content (AvgIpc) is 3.08. The normalized spacial score (nSPS) is 11.5. The van der Waals surface area contributed by atoms with Crippen molar-refractivity contribution >= 4 is 5.97 Å². The fraction of sp³-hybridized carbons (Fsp3) is 0.774. The van der Waals surface area contributed by atoms with Crippen molar-refractivity contribution in [3.05, 3.63) is 29.1 Å². The van der Waals surface area contributed by atoms with E-state index in [0.29, 0.717) is 99.1 Å². The highest BCUT2D eigenvalue weighted by Crippen LogP contribution is 2.29. The van der Waals surface area contributed by atoms with Gasteiger partial charge < -0.3 is 52.1 Å². The largest absolute Gasteiger partial charge is 0.420 e. The lowest BCUT2D eigenvalue weighted by Gasteiger charge is -2.09. The van der Waals surface area contributed by atoms with E-state index >= 15 is 0 Å². The molecule has 1 aromatic carbocycles. The van der Waals surface area contributed by atoms with Gasteiger partial charge in [0.25, 0.3) is 0 Å². The summed E-state index contributed by atoms with van der Waals surface area (Å²) >= 11 is 0. The number of esters is 1. The number of ether oxygens (including phenoxy) is 11. The highest BCUT2D eigenvalue weighted by atomic mass is 19.2. The lowest BCUT2D eigenvalue weighted by molar-refractivity contribution is -0.136. The van der Waals surface area contributed by atoms with Gasteiger partial charge in [-0.25, -0.2) is 13.2 Å². The first-order chi connectivity index (χ1) is 23.4. The van der Waals surface area contributed by atoms with Crippen LogP contribution in [0, 0.1) is 29.1 Å². The second-order valence-electron chi connectivity index (χ2n) is 9.60. The van der Waals surface area contributed by atoms with Crippen molar-refractivity contribution in [3.63, 3.8) is 0 Å². The lowest BCUT2D eigenvalue weighted by atomic mass is 10.2. The van der Waals surface area contributed by atoms with Crippen LogP contribution >= 0.6 is 0 Å². The van der Waals surface area contributed by atoms with E-state index in [1.165, 1.54) is 0 Å². The van der Waals surface area contributed by atoms with Gasteiger partial charge in [0, 0.05) is 6.61 Å². The maximum Gasteiger partial charge on any atom is 0.313 e. The van der Waals surface area contributed by atoms with E-state index in [9.17, 15) is 26.7 Å². The van der Waals surface area contributed by atoms with Gasteiger partial charge in [-0.3, -0.25) is 4.79 Å². The van der Waals surface area contributed by atoms with Gasteiger partial charge in [0.15, 0.2) is 0 Å². The molecule has 17 heteroatoms. The number of unbranched alkanes of at least 4 members (excludes halogenated alkanes) is 1. The molecular weight excluding hydrogens is 659 g/mol. The van der Waals surface area contributed by atoms with E-state index in [1.54, 1.807) is 0 Å². The maximum atomic E-state index is 13.5. The minimum atomic E-state index is -2.35. The molecule has 0 heterocycles. The SMILES string of the molecule is CCCCOCCOCCOCCOCCOCCOCCOCCOCCOCCOCCC(=O)Oc1c(F)c(F)c(F)c(F)c1F. The van der Waals surface area contributed by atoms with Crippen molar-refractivity contribution < 1.29 is 78.9 Å². The predicted molar refractivity (Wildman–Crippen MR) is 160 cm³/mol. The molecule has 0 radical (unpaired) electrons. The molecule has 0 amide bonds. The van der Waals surface area contributed by atoms with Crippen LogP contribution in [0.5, 0.6) is 5.75 Å². The predicted octanol–water partition coefficient (Wildman–Crippen LogP) is 3.64. The lowest BCUT2D eigenvalue weighted by Crippen LogP contribution is -2.16. The quantitative estimate of drug-likeness (QED) is 0.0260. The summed E-state index contributed by atoms with van der Waals surface area (Å²) in [7, 11) is 0. The zero-order chi connectivity index (χ0) is 35.1. The Kier molecular flexibility index (Phi) is 28.4. The fourth-order valence-corrected chi connectivity index (χ4v) is 3.32. The number of hydrogen-bond acceptors (Lipinski definition) is 12. The Morgan fingerprint density at radius 1 is 0.396 bits per heavy atom. The van der Waals surface area contributed by atoms with E-state index < -0.39 is 47.2 Å². The summed E-state index contributed by atoms with van der Waals surface area (Å²) in [6.45, 7) is 10.1. The van der Waals surface area contributed by atoms with Crippen LogP contribution in [0.4, 0.5) is 22.0 Å². The Morgan fingerprint density at radius 3 is 0.938 bits per heavy atom. The van der Waals surface area contributed by atoms with Crippen molar-refractivity contribution in [1.82, 2.24) is 0 Å². The summed E-state index contributed by atoms with van der Waals surface area (Å²) in [5.41, 5.74) is 0. The third kappa shape index (κ3) is 22.6. The smallest absolute Gasteiger partial charge is 0.313 e. The van der Waals surface area contributed by atoms with Crippen LogP contribution in [0.3, 0.4) is 0 Å². The van der Waals surface area contributed by atoms with Gasteiger partial charge in [-0.1, -0.05) is 13.3 Å². The van der Waals surface area contributed by atoms with E-state index in [2.05, 4.69) is 11.7 Å². The first-order valence-electron chi connectivity index (χ1n) is 15.9. The Balaban J connectivity index is 1.75. The van der Waals surface area contributed by atoms with Crippen molar-refractivity contribution in [1.29, 1.82) is 0 Å². The summed E-state index contributed by atoms with van der Waals surface area (Å²) in [5.74, 6) is -14.1. The zero-order valence-corrected chi connectivity index (χ0v) is 27.6. The van der Waals surface area contributed by atoms with E-state index in [0.717, 1.165) is 19.4 Å². The molecular formula is C31H49F5O12. The topological polar surface area (TPSA) is 119 Å². The van der Waals surface area contributed by atoms with Gasteiger partial charge in [0.1, 0.15) is 0 Å². The van der Waals surface area contributed by atoms with Crippen LogP contribution in [0.2, 0.25) is 0 Å². The highest BCUT2D eigenvalue weighted by Gasteiger charge is 2.28. The van der Waals surface area contributed by atoms with Gasteiger partial charge in [-0.15, -0.1) is 0 Å². The molecule has 280 valence electrons. The third-order valence-corrected chi connectivity index (χ3v) is 5.83. The number of rotatable bonds is 34. The molecule has 0 fully saturated rings. The molecule has 0 saturated carbocycles. The molecule has 0 N–H and O–H groups in total. The minimum Gasteiger partial charge on any atom is -0.420 e. The van der Waals surface area contributed by atoms with Crippen LogP contribution in [0.25, 0.3) is 0 Å². The van der Waals surface area contributed by atoms with E-state index in [4.69, 9.17) is 47.4 Å². The minimum absolute atomic E-state index is 0.0837. The number of carbonyl (C=O) groups excluding carboxylic acids is 1. The molecule has 0 unspecified atom stereocenters. The number of carbonyl (C=O) groups is 1.